The summed E-state index contributed by atoms with van der Waals surface area (Å²) in [4.78, 5) is 2.23. The Balaban J connectivity index is 4.01. The maximum atomic E-state index is 5.88. The van der Waals surface area contributed by atoms with E-state index in [0.29, 0.717) is 6.61 Å². The first-order valence-electron chi connectivity index (χ1n) is 5.24. The zero-order valence-corrected chi connectivity index (χ0v) is 10.5. The molecular formula is C11H25NO2. The summed E-state index contributed by atoms with van der Waals surface area (Å²) in [6.45, 7) is 11.0. The standard InChI is InChI=1S/C11H25NO2/c1-7-12(5)8-10(9-13-6)14-11(2,3)4/h10H,7-9H2,1-6H3. The second-order valence-electron chi connectivity index (χ2n) is 4.66. The number of hydrogen-bond donors (Lipinski definition) is 0. The highest BCUT2D eigenvalue weighted by Crippen LogP contribution is 2.11. The first-order valence-corrected chi connectivity index (χ1v) is 5.24. The molecule has 1 atom stereocenters. The predicted molar refractivity (Wildman–Crippen MR) is 59.7 cm³/mol. The normalized spacial score (nSPS) is 14.8. The van der Waals surface area contributed by atoms with E-state index in [4.69, 9.17) is 9.47 Å². The molecule has 86 valence electrons. The van der Waals surface area contributed by atoms with Crippen LogP contribution in [0.3, 0.4) is 0 Å². The molecule has 14 heavy (non-hydrogen) atoms. The Hall–Kier alpha value is -0.120. The van der Waals surface area contributed by atoms with E-state index in [1.165, 1.54) is 0 Å². The van der Waals surface area contributed by atoms with Gasteiger partial charge in [0.2, 0.25) is 0 Å². The molecule has 0 spiro atoms. The first-order chi connectivity index (χ1) is 6.39. The van der Waals surface area contributed by atoms with Gasteiger partial charge in [-0.05, 0) is 34.4 Å². The van der Waals surface area contributed by atoms with E-state index in [1.54, 1.807) is 7.11 Å². The molecule has 0 N–H and O–H groups in total. The summed E-state index contributed by atoms with van der Waals surface area (Å²) in [5.74, 6) is 0. The molecule has 0 heterocycles. The van der Waals surface area contributed by atoms with Gasteiger partial charge >= 0.3 is 0 Å². The van der Waals surface area contributed by atoms with Crippen molar-refractivity contribution in [3.63, 3.8) is 0 Å². The summed E-state index contributed by atoms with van der Waals surface area (Å²) in [5.41, 5.74) is -0.0994. The highest BCUT2D eigenvalue weighted by molar-refractivity contribution is 4.68. The molecule has 0 aromatic heterocycles. The van der Waals surface area contributed by atoms with Crippen molar-refractivity contribution < 1.29 is 9.47 Å². The van der Waals surface area contributed by atoms with Gasteiger partial charge in [0, 0.05) is 13.7 Å². The molecule has 1 unspecified atom stereocenters. The van der Waals surface area contributed by atoms with Crippen LogP contribution in [-0.4, -0.2) is 50.5 Å². The highest BCUT2D eigenvalue weighted by atomic mass is 16.5. The largest absolute Gasteiger partial charge is 0.382 e. The van der Waals surface area contributed by atoms with Gasteiger partial charge in [-0.25, -0.2) is 0 Å². The van der Waals surface area contributed by atoms with Crippen molar-refractivity contribution >= 4 is 0 Å². The summed E-state index contributed by atoms with van der Waals surface area (Å²) in [6, 6.07) is 0. The Kier molecular flexibility index (Phi) is 6.33. The molecule has 0 saturated carbocycles. The number of likely N-dealkylation sites (N-methyl/N-ethyl adjacent to an activating group) is 1. The topological polar surface area (TPSA) is 21.7 Å². The van der Waals surface area contributed by atoms with Gasteiger partial charge in [-0.1, -0.05) is 6.92 Å². The van der Waals surface area contributed by atoms with Crippen LogP contribution >= 0.6 is 0 Å². The maximum Gasteiger partial charge on any atom is 0.0941 e. The average molecular weight is 203 g/mol. The minimum atomic E-state index is -0.0994. The lowest BCUT2D eigenvalue weighted by atomic mass is 10.2. The molecule has 0 aliphatic rings. The predicted octanol–water partition coefficient (Wildman–Crippen LogP) is 1.77. The van der Waals surface area contributed by atoms with Crippen LogP contribution in [0.25, 0.3) is 0 Å². The molecule has 3 heteroatoms. The molecule has 0 aromatic carbocycles. The molecule has 3 nitrogen and oxygen atoms in total. The fourth-order valence-electron chi connectivity index (χ4n) is 1.29. The third kappa shape index (κ3) is 7.30. The van der Waals surface area contributed by atoms with Crippen LogP contribution in [0, 0.1) is 0 Å². The van der Waals surface area contributed by atoms with Gasteiger partial charge in [-0.15, -0.1) is 0 Å². The number of hydrogen-bond acceptors (Lipinski definition) is 3. The lowest BCUT2D eigenvalue weighted by molar-refractivity contribution is -0.0942. The van der Waals surface area contributed by atoms with E-state index < -0.39 is 0 Å². The summed E-state index contributed by atoms with van der Waals surface area (Å²) in [6.07, 6.45) is 0.157. The monoisotopic (exact) mass is 203 g/mol. The first kappa shape index (κ1) is 13.9. The average Bonchev–Trinajstić information content (AvgIpc) is 2.01. The minimum Gasteiger partial charge on any atom is -0.382 e. The Morgan fingerprint density at radius 2 is 1.86 bits per heavy atom. The molecule has 0 radical (unpaired) electrons. The van der Waals surface area contributed by atoms with Crippen molar-refractivity contribution in [2.75, 3.05) is 33.9 Å². The lowest BCUT2D eigenvalue weighted by Crippen LogP contribution is -2.39. The van der Waals surface area contributed by atoms with Crippen molar-refractivity contribution in [3.05, 3.63) is 0 Å². The van der Waals surface area contributed by atoms with E-state index in [9.17, 15) is 0 Å². The molecule has 0 saturated heterocycles. The van der Waals surface area contributed by atoms with Crippen LogP contribution in [0.4, 0.5) is 0 Å². The van der Waals surface area contributed by atoms with Crippen LogP contribution in [0.5, 0.6) is 0 Å². The smallest absolute Gasteiger partial charge is 0.0941 e. The van der Waals surface area contributed by atoms with E-state index in [0.717, 1.165) is 13.1 Å². The van der Waals surface area contributed by atoms with Crippen molar-refractivity contribution in [1.29, 1.82) is 0 Å². The van der Waals surface area contributed by atoms with Gasteiger partial charge < -0.3 is 14.4 Å². The van der Waals surface area contributed by atoms with Crippen molar-refractivity contribution in [2.24, 2.45) is 0 Å². The van der Waals surface area contributed by atoms with E-state index in [1.807, 2.05) is 0 Å². The van der Waals surface area contributed by atoms with Crippen LogP contribution in [-0.2, 0) is 9.47 Å². The summed E-state index contributed by atoms with van der Waals surface area (Å²) in [7, 11) is 3.81. The second kappa shape index (κ2) is 6.38. The van der Waals surface area contributed by atoms with E-state index in [-0.39, 0.29) is 11.7 Å². The Morgan fingerprint density at radius 3 is 2.21 bits per heavy atom. The molecule has 0 amide bonds. The number of methoxy groups -OCH3 is 1. The maximum absolute atomic E-state index is 5.88. The fourth-order valence-corrected chi connectivity index (χ4v) is 1.29. The minimum absolute atomic E-state index is 0.0994. The Bertz CT molecular complexity index is 143. The Labute approximate surface area is 88.4 Å². The lowest BCUT2D eigenvalue weighted by Gasteiger charge is -2.29. The number of rotatable bonds is 6. The van der Waals surface area contributed by atoms with Crippen LogP contribution in [0.1, 0.15) is 27.7 Å². The van der Waals surface area contributed by atoms with Crippen LogP contribution in [0.15, 0.2) is 0 Å². The quantitative estimate of drug-likeness (QED) is 0.656. The molecule has 0 bridgehead atoms. The van der Waals surface area contributed by atoms with Gasteiger partial charge in [0.1, 0.15) is 0 Å². The zero-order chi connectivity index (χ0) is 11.2. The van der Waals surface area contributed by atoms with Gasteiger partial charge in [0.15, 0.2) is 0 Å². The molecule has 0 aliphatic carbocycles. The second-order valence-corrected chi connectivity index (χ2v) is 4.66. The zero-order valence-electron chi connectivity index (χ0n) is 10.5. The molecule has 0 aromatic rings. The van der Waals surface area contributed by atoms with Gasteiger partial charge in [0.05, 0.1) is 18.3 Å². The molecular weight excluding hydrogens is 178 g/mol. The summed E-state index contributed by atoms with van der Waals surface area (Å²) < 4.78 is 11.0. The fraction of sp³-hybridized carbons (Fsp3) is 1.00. The Morgan fingerprint density at radius 1 is 1.29 bits per heavy atom. The van der Waals surface area contributed by atoms with Gasteiger partial charge in [0.25, 0.3) is 0 Å². The molecule has 0 aliphatic heterocycles. The highest BCUT2D eigenvalue weighted by Gasteiger charge is 2.19. The van der Waals surface area contributed by atoms with E-state index >= 15 is 0 Å². The van der Waals surface area contributed by atoms with E-state index in [2.05, 4.69) is 39.6 Å². The SMILES string of the molecule is CCN(C)CC(COC)OC(C)(C)C. The summed E-state index contributed by atoms with van der Waals surface area (Å²) >= 11 is 0. The third-order valence-electron chi connectivity index (χ3n) is 1.93. The van der Waals surface area contributed by atoms with Crippen molar-refractivity contribution in [2.45, 2.75) is 39.4 Å². The summed E-state index contributed by atoms with van der Waals surface area (Å²) in [5, 5.41) is 0. The van der Waals surface area contributed by atoms with Crippen LogP contribution < -0.4 is 0 Å². The van der Waals surface area contributed by atoms with Crippen molar-refractivity contribution in [1.82, 2.24) is 4.90 Å². The number of ether oxygens (including phenoxy) is 2. The molecule has 0 fully saturated rings. The third-order valence-corrected chi connectivity index (χ3v) is 1.93. The van der Waals surface area contributed by atoms with Gasteiger partial charge in [-0.3, -0.25) is 0 Å². The number of nitrogens with zero attached hydrogens (tertiary/aromatic N) is 1. The van der Waals surface area contributed by atoms with Gasteiger partial charge in [-0.2, -0.15) is 0 Å². The van der Waals surface area contributed by atoms with Crippen LogP contribution in [0.2, 0.25) is 0 Å². The van der Waals surface area contributed by atoms with Crippen molar-refractivity contribution in [3.8, 4) is 0 Å². The molecule has 0 rings (SSSR count).